The molecule has 5 nitrogen and oxygen atoms in total. The highest BCUT2D eigenvalue weighted by molar-refractivity contribution is 5.67. The van der Waals surface area contributed by atoms with E-state index in [0.717, 1.165) is 12.1 Å². The molecule has 1 fully saturated rings. The fourth-order valence-corrected chi connectivity index (χ4v) is 1.90. The zero-order chi connectivity index (χ0) is 12.5. The molecule has 2 heterocycles. The van der Waals surface area contributed by atoms with Gasteiger partial charge in [0.25, 0.3) is 0 Å². The van der Waals surface area contributed by atoms with Crippen LogP contribution in [0.5, 0.6) is 0 Å². The Labute approximate surface area is 104 Å². The number of rotatable bonds is 5. The quantitative estimate of drug-likeness (QED) is 0.806. The number of hydrogen-bond acceptors (Lipinski definition) is 4. The standard InChI is InChI=1S/C13H15N3O2/c1-9(7-15-10-4-5-10)8-16-12-11(18-13(16)17)3-2-6-14-12/h2-3,6,10,15H,1,4-5,7-8H2. The zero-order valence-electron chi connectivity index (χ0n) is 10.1. The molecular formula is C13H15N3O2. The summed E-state index contributed by atoms with van der Waals surface area (Å²) in [4.78, 5) is 15.9. The molecule has 0 aliphatic heterocycles. The normalized spacial score (nSPS) is 15.1. The van der Waals surface area contributed by atoms with Crippen LogP contribution in [0.4, 0.5) is 0 Å². The highest BCUT2D eigenvalue weighted by Gasteiger charge is 2.20. The molecule has 2 aromatic rings. The van der Waals surface area contributed by atoms with Crippen molar-refractivity contribution in [3.8, 4) is 0 Å². The van der Waals surface area contributed by atoms with Gasteiger partial charge in [-0.1, -0.05) is 6.58 Å². The van der Waals surface area contributed by atoms with Crippen LogP contribution < -0.4 is 11.1 Å². The number of aromatic nitrogens is 2. The summed E-state index contributed by atoms with van der Waals surface area (Å²) in [7, 11) is 0. The molecule has 0 saturated heterocycles. The van der Waals surface area contributed by atoms with E-state index in [4.69, 9.17) is 4.42 Å². The molecule has 0 bridgehead atoms. The summed E-state index contributed by atoms with van der Waals surface area (Å²) in [5.41, 5.74) is 2.05. The molecule has 0 radical (unpaired) electrons. The Morgan fingerprint density at radius 1 is 1.61 bits per heavy atom. The minimum Gasteiger partial charge on any atom is -0.406 e. The van der Waals surface area contributed by atoms with Crippen LogP contribution in [-0.4, -0.2) is 22.1 Å². The number of nitrogens with zero attached hydrogens (tertiary/aromatic N) is 2. The summed E-state index contributed by atoms with van der Waals surface area (Å²) in [5.74, 6) is -0.378. The van der Waals surface area contributed by atoms with Crippen LogP contribution in [0.15, 0.2) is 39.7 Å². The van der Waals surface area contributed by atoms with Gasteiger partial charge in [-0.25, -0.2) is 9.78 Å². The maximum atomic E-state index is 11.7. The van der Waals surface area contributed by atoms with Gasteiger partial charge in [0.15, 0.2) is 11.2 Å². The molecule has 1 N–H and O–H groups in total. The first-order chi connectivity index (χ1) is 8.74. The van der Waals surface area contributed by atoms with E-state index in [9.17, 15) is 4.79 Å². The summed E-state index contributed by atoms with van der Waals surface area (Å²) >= 11 is 0. The molecule has 2 aromatic heterocycles. The van der Waals surface area contributed by atoms with Crippen molar-refractivity contribution in [1.29, 1.82) is 0 Å². The molecule has 5 heteroatoms. The lowest BCUT2D eigenvalue weighted by atomic mass is 10.3. The highest BCUT2D eigenvalue weighted by atomic mass is 16.4. The third kappa shape index (κ3) is 2.22. The fraction of sp³-hybridized carbons (Fsp3) is 0.385. The molecule has 94 valence electrons. The average Bonchev–Trinajstić information content (AvgIpc) is 3.14. The predicted molar refractivity (Wildman–Crippen MR) is 68.4 cm³/mol. The van der Waals surface area contributed by atoms with E-state index in [2.05, 4.69) is 16.9 Å². The number of oxazole rings is 1. The van der Waals surface area contributed by atoms with Crippen molar-refractivity contribution in [2.45, 2.75) is 25.4 Å². The monoisotopic (exact) mass is 245 g/mol. The van der Waals surface area contributed by atoms with Gasteiger partial charge in [-0.3, -0.25) is 4.57 Å². The Kier molecular flexibility index (Phi) is 2.76. The third-order valence-corrected chi connectivity index (χ3v) is 3.02. The first-order valence-corrected chi connectivity index (χ1v) is 6.08. The number of hydrogen-bond donors (Lipinski definition) is 1. The van der Waals surface area contributed by atoms with Gasteiger partial charge in [0.1, 0.15) is 0 Å². The van der Waals surface area contributed by atoms with E-state index >= 15 is 0 Å². The Morgan fingerprint density at radius 3 is 3.22 bits per heavy atom. The van der Waals surface area contributed by atoms with Crippen molar-refractivity contribution < 1.29 is 4.42 Å². The van der Waals surface area contributed by atoms with E-state index in [1.807, 2.05) is 0 Å². The highest BCUT2D eigenvalue weighted by Crippen LogP contribution is 2.18. The van der Waals surface area contributed by atoms with Gasteiger partial charge in [-0.05, 0) is 30.5 Å². The van der Waals surface area contributed by atoms with Crippen LogP contribution in [0.2, 0.25) is 0 Å². The van der Waals surface area contributed by atoms with Crippen molar-refractivity contribution in [2.75, 3.05) is 6.54 Å². The topological polar surface area (TPSA) is 60.1 Å². The minimum absolute atomic E-state index is 0.378. The smallest absolute Gasteiger partial charge is 0.406 e. The second-order valence-electron chi connectivity index (χ2n) is 4.68. The molecule has 0 spiro atoms. The van der Waals surface area contributed by atoms with Crippen molar-refractivity contribution in [3.05, 3.63) is 41.0 Å². The van der Waals surface area contributed by atoms with Crippen molar-refractivity contribution >= 4 is 11.2 Å². The van der Waals surface area contributed by atoms with E-state index in [0.29, 0.717) is 23.8 Å². The van der Waals surface area contributed by atoms with E-state index < -0.39 is 0 Å². The summed E-state index contributed by atoms with van der Waals surface area (Å²) in [6, 6.07) is 4.13. The average molecular weight is 245 g/mol. The van der Waals surface area contributed by atoms with Gasteiger partial charge < -0.3 is 9.73 Å². The van der Waals surface area contributed by atoms with Crippen molar-refractivity contribution in [3.63, 3.8) is 0 Å². The van der Waals surface area contributed by atoms with Gasteiger partial charge in [0, 0.05) is 18.8 Å². The molecule has 1 aliphatic carbocycles. The molecule has 0 aromatic carbocycles. The van der Waals surface area contributed by atoms with Crippen LogP contribution in [0, 0.1) is 0 Å². The molecule has 1 saturated carbocycles. The van der Waals surface area contributed by atoms with E-state index in [-0.39, 0.29) is 5.76 Å². The van der Waals surface area contributed by atoms with E-state index in [1.165, 1.54) is 17.4 Å². The van der Waals surface area contributed by atoms with Crippen molar-refractivity contribution in [2.24, 2.45) is 0 Å². The Balaban J connectivity index is 1.78. The summed E-state index contributed by atoms with van der Waals surface area (Å²) in [6.07, 6.45) is 4.13. The van der Waals surface area contributed by atoms with Crippen LogP contribution in [-0.2, 0) is 6.54 Å². The first-order valence-electron chi connectivity index (χ1n) is 6.08. The van der Waals surface area contributed by atoms with E-state index in [1.54, 1.807) is 18.3 Å². The van der Waals surface area contributed by atoms with Crippen LogP contribution in [0.1, 0.15) is 12.8 Å². The Bertz CT molecular complexity index is 637. The summed E-state index contributed by atoms with van der Waals surface area (Å²) in [5, 5.41) is 3.37. The van der Waals surface area contributed by atoms with Gasteiger partial charge in [0.05, 0.1) is 6.54 Å². The van der Waals surface area contributed by atoms with Gasteiger partial charge >= 0.3 is 5.76 Å². The van der Waals surface area contributed by atoms with Gasteiger partial charge in [-0.2, -0.15) is 0 Å². The number of pyridine rings is 1. The largest absolute Gasteiger partial charge is 0.421 e. The summed E-state index contributed by atoms with van der Waals surface area (Å²) in [6.45, 7) is 5.17. The Morgan fingerprint density at radius 2 is 2.44 bits per heavy atom. The number of nitrogens with one attached hydrogen (secondary N) is 1. The number of fused-ring (bicyclic) bond motifs is 1. The lowest BCUT2D eigenvalue weighted by Crippen LogP contribution is -2.23. The summed E-state index contributed by atoms with van der Waals surface area (Å²) < 4.78 is 6.64. The van der Waals surface area contributed by atoms with Crippen molar-refractivity contribution in [1.82, 2.24) is 14.9 Å². The maximum absolute atomic E-state index is 11.7. The second kappa shape index (κ2) is 4.42. The zero-order valence-corrected chi connectivity index (χ0v) is 10.1. The minimum atomic E-state index is -0.378. The maximum Gasteiger partial charge on any atom is 0.421 e. The van der Waals surface area contributed by atoms with Crippen LogP contribution in [0.3, 0.4) is 0 Å². The third-order valence-electron chi connectivity index (χ3n) is 3.02. The molecular weight excluding hydrogens is 230 g/mol. The molecule has 0 atom stereocenters. The van der Waals surface area contributed by atoms with Crippen LogP contribution >= 0.6 is 0 Å². The lowest BCUT2D eigenvalue weighted by Gasteiger charge is -2.06. The molecule has 1 aliphatic rings. The molecule has 3 rings (SSSR count). The molecule has 18 heavy (non-hydrogen) atoms. The Hall–Kier alpha value is -1.88. The van der Waals surface area contributed by atoms with Gasteiger partial charge in [-0.15, -0.1) is 0 Å². The first kappa shape index (κ1) is 11.2. The lowest BCUT2D eigenvalue weighted by molar-refractivity contribution is 0.513. The van der Waals surface area contributed by atoms with Gasteiger partial charge in [0.2, 0.25) is 0 Å². The fourth-order valence-electron chi connectivity index (χ4n) is 1.90. The second-order valence-corrected chi connectivity index (χ2v) is 4.68. The molecule has 0 unspecified atom stereocenters. The van der Waals surface area contributed by atoms with Crippen LogP contribution in [0.25, 0.3) is 11.2 Å². The predicted octanol–water partition coefficient (Wildman–Crippen LogP) is 1.30. The molecule has 0 amide bonds. The SMILES string of the molecule is C=C(CNC1CC1)Cn1c(=O)oc2cccnc21.